The molecule has 2 amide bonds. The van der Waals surface area contributed by atoms with E-state index in [-0.39, 0.29) is 11.8 Å². The molecule has 2 atom stereocenters. The van der Waals surface area contributed by atoms with Crippen LogP contribution in [0.15, 0.2) is 82.8 Å². The van der Waals surface area contributed by atoms with Crippen molar-refractivity contribution in [1.29, 1.82) is 0 Å². The summed E-state index contributed by atoms with van der Waals surface area (Å²) in [6.07, 6.45) is 1.11. The van der Waals surface area contributed by atoms with Crippen LogP contribution in [-0.2, 0) is 16.0 Å². The van der Waals surface area contributed by atoms with Crippen molar-refractivity contribution in [3.05, 3.63) is 95.1 Å². The van der Waals surface area contributed by atoms with E-state index in [0.29, 0.717) is 23.8 Å². The third-order valence-corrected chi connectivity index (χ3v) is 7.70. The predicted octanol–water partition coefficient (Wildman–Crippen LogP) is 5.66. The van der Waals surface area contributed by atoms with Gasteiger partial charge < -0.3 is 5.32 Å². The minimum absolute atomic E-state index is 0.108. The lowest BCUT2D eigenvalue weighted by molar-refractivity contribution is -0.124. The number of nitrogens with one attached hydrogen (secondary N) is 1. The Labute approximate surface area is 215 Å². The van der Waals surface area contributed by atoms with Crippen LogP contribution in [0.4, 0.5) is 11.4 Å². The smallest absolute Gasteiger partial charge is 0.259 e. The summed E-state index contributed by atoms with van der Waals surface area (Å²) in [5.41, 5.74) is 5.53. The minimum Gasteiger partial charge on any atom is -0.325 e. The van der Waals surface area contributed by atoms with Crippen LogP contribution in [0.25, 0.3) is 0 Å². The molecule has 1 N–H and O–H groups in total. The number of fused-ring (bicyclic) bond motifs is 3. The van der Waals surface area contributed by atoms with Gasteiger partial charge in [0.05, 0.1) is 10.9 Å². The van der Waals surface area contributed by atoms with Gasteiger partial charge in [0.2, 0.25) is 5.91 Å². The molecule has 0 saturated heterocycles. The molecular formula is C29H28N4O2S. The predicted molar refractivity (Wildman–Crippen MR) is 147 cm³/mol. The van der Waals surface area contributed by atoms with Crippen molar-refractivity contribution < 1.29 is 9.59 Å². The second-order valence-corrected chi connectivity index (χ2v) is 10.2. The highest BCUT2D eigenvalue weighted by atomic mass is 32.2. The summed E-state index contributed by atoms with van der Waals surface area (Å²) in [5, 5.41) is 3.15. The number of anilines is 1. The third kappa shape index (κ3) is 4.71. The largest absolute Gasteiger partial charge is 0.325 e. The normalized spacial score (nSPS) is 17.1. The molecule has 0 spiro atoms. The highest BCUT2D eigenvalue weighted by molar-refractivity contribution is 8.15. The van der Waals surface area contributed by atoms with Gasteiger partial charge in [0.25, 0.3) is 5.91 Å². The Hall–Kier alpha value is -3.71. The van der Waals surface area contributed by atoms with Crippen molar-refractivity contribution in [2.75, 3.05) is 5.32 Å². The molecule has 7 heteroatoms. The number of aryl methyl sites for hydroxylation is 2. The maximum atomic E-state index is 13.6. The van der Waals surface area contributed by atoms with Crippen molar-refractivity contribution in [1.82, 2.24) is 4.90 Å². The zero-order valence-corrected chi connectivity index (χ0v) is 21.4. The summed E-state index contributed by atoms with van der Waals surface area (Å²) in [5.74, 6) is 0.391. The molecule has 6 nitrogen and oxygen atoms in total. The molecule has 0 saturated carbocycles. The van der Waals surface area contributed by atoms with E-state index in [0.717, 1.165) is 33.6 Å². The molecule has 0 radical (unpaired) electrons. The van der Waals surface area contributed by atoms with Gasteiger partial charge in [-0.25, -0.2) is 9.89 Å². The maximum absolute atomic E-state index is 13.6. The Balaban J connectivity index is 1.43. The summed E-state index contributed by atoms with van der Waals surface area (Å²) in [4.78, 5) is 38.1. The highest BCUT2D eigenvalue weighted by Gasteiger charge is 2.42. The van der Waals surface area contributed by atoms with Gasteiger partial charge >= 0.3 is 0 Å². The van der Waals surface area contributed by atoms with Gasteiger partial charge in [0, 0.05) is 17.7 Å². The van der Waals surface area contributed by atoms with Crippen molar-refractivity contribution in [2.24, 2.45) is 9.98 Å². The number of benzene rings is 3. The molecule has 2 aliphatic heterocycles. The van der Waals surface area contributed by atoms with Crippen molar-refractivity contribution in [3.63, 3.8) is 0 Å². The van der Waals surface area contributed by atoms with Crippen molar-refractivity contribution in [2.45, 2.75) is 44.9 Å². The topological polar surface area (TPSA) is 74.1 Å². The van der Waals surface area contributed by atoms with Crippen LogP contribution in [0.3, 0.4) is 0 Å². The Morgan fingerprint density at radius 2 is 1.81 bits per heavy atom. The van der Waals surface area contributed by atoms with E-state index in [1.807, 2.05) is 93.6 Å². The van der Waals surface area contributed by atoms with E-state index < -0.39 is 11.3 Å². The molecule has 0 unspecified atom stereocenters. The van der Waals surface area contributed by atoms with Crippen LogP contribution in [-0.4, -0.2) is 39.0 Å². The first kappa shape index (κ1) is 24.0. The van der Waals surface area contributed by atoms with E-state index in [2.05, 4.69) is 5.32 Å². The van der Waals surface area contributed by atoms with Gasteiger partial charge in [-0.2, -0.15) is 0 Å². The molecule has 182 valence electrons. The van der Waals surface area contributed by atoms with E-state index in [1.165, 1.54) is 11.8 Å². The molecule has 36 heavy (non-hydrogen) atoms. The first-order valence-corrected chi connectivity index (χ1v) is 13.0. The SMILES string of the molecule is CC[C@H](SC1=Nc2ccccc2C2=N[C@@H](Cc3ccccc3)C(=O)N12)C(=O)Nc1cc(C)ccc1C. The number of aliphatic imine (C=N–C) groups is 2. The number of hydrogen-bond donors (Lipinski definition) is 1. The molecular weight excluding hydrogens is 468 g/mol. The van der Waals surface area contributed by atoms with Crippen LogP contribution in [0.5, 0.6) is 0 Å². The van der Waals surface area contributed by atoms with Crippen molar-refractivity contribution >= 4 is 46.0 Å². The fraction of sp³-hybridized carbons (Fsp3) is 0.241. The second-order valence-electron chi connectivity index (χ2n) is 9.07. The summed E-state index contributed by atoms with van der Waals surface area (Å²) >= 11 is 1.32. The van der Waals surface area contributed by atoms with E-state index in [9.17, 15) is 9.59 Å². The molecule has 2 aliphatic rings. The number of carbonyl (C=O) groups is 2. The number of amides is 2. The van der Waals surface area contributed by atoms with Crippen LogP contribution in [0.2, 0.25) is 0 Å². The molecule has 3 aromatic rings. The van der Waals surface area contributed by atoms with Crippen LogP contribution < -0.4 is 5.32 Å². The quantitative estimate of drug-likeness (QED) is 0.479. The molecule has 2 heterocycles. The number of para-hydroxylation sites is 1. The fourth-order valence-corrected chi connectivity index (χ4v) is 5.40. The Morgan fingerprint density at radius 1 is 1.06 bits per heavy atom. The molecule has 0 aliphatic carbocycles. The van der Waals surface area contributed by atoms with Gasteiger partial charge in [0.1, 0.15) is 11.9 Å². The summed E-state index contributed by atoms with van der Waals surface area (Å²) in [6, 6.07) is 23.1. The lowest BCUT2D eigenvalue weighted by Gasteiger charge is -2.27. The van der Waals surface area contributed by atoms with Crippen molar-refractivity contribution in [3.8, 4) is 0 Å². The molecule has 0 aromatic heterocycles. The average molecular weight is 497 g/mol. The van der Waals surface area contributed by atoms with Gasteiger partial charge in [0.15, 0.2) is 5.17 Å². The van der Waals surface area contributed by atoms with Crippen LogP contribution >= 0.6 is 11.8 Å². The highest BCUT2D eigenvalue weighted by Crippen LogP contribution is 2.36. The van der Waals surface area contributed by atoms with E-state index in [1.54, 1.807) is 4.90 Å². The van der Waals surface area contributed by atoms with Gasteiger partial charge in [-0.1, -0.05) is 73.3 Å². The molecule has 0 fully saturated rings. The minimum atomic E-state index is -0.525. The average Bonchev–Trinajstić information content (AvgIpc) is 3.21. The number of carbonyl (C=O) groups excluding carboxylic acids is 2. The van der Waals surface area contributed by atoms with E-state index in [4.69, 9.17) is 9.98 Å². The number of nitrogens with zero attached hydrogens (tertiary/aromatic N) is 3. The second kappa shape index (κ2) is 10.1. The van der Waals surface area contributed by atoms with Gasteiger partial charge in [-0.15, -0.1) is 0 Å². The monoisotopic (exact) mass is 496 g/mol. The molecule has 0 bridgehead atoms. The van der Waals surface area contributed by atoms with Gasteiger partial charge in [-0.05, 0) is 55.2 Å². The number of amidine groups is 2. The van der Waals surface area contributed by atoms with Gasteiger partial charge in [-0.3, -0.25) is 14.6 Å². The summed E-state index contributed by atoms with van der Waals surface area (Å²) in [6.45, 7) is 5.95. The summed E-state index contributed by atoms with van der Waals surface area (Å²) in [7, 11) is 0. The zero-order valence-electron chi connectivity index (χ0n) is 20.6. The van der Waals surface area contributed by atoms with E-state index >= 15 is 0 Å². The Kier molecular flexibility index (Phi) is 6.74. The standard InChI is InChI=1S/C29H28N4O2S/c1-4-25(27(34)31-23-16-18(2)14-15-19(23)3)36-29-32-22-13-9-8-12-21(22)26-30-24(28(35)33(26)29)17-20-10-6-5-7-11-20/h5-16,24-25H,4,17H2,1-3H3,(H,31,34)/t24-,25-/m0/s1. The van der Waals surface area contributed by atoms with Crippen LogP contribution in [0, 0.1) is 13.8 Å². The molecule has 5 rings (SSSR count). The number of rotatable bonds is 6. The first-order valence-electron chi connectivity index (χ1n) is 12.1. The lowest BCUT2D eigenvalue weighted by Crippen LogP contribution is -2.42. The fourth-order valence-electron chi connectivity index (χ4n) is 4.38. The Morgan fingerprint density at radius 3 is 2.58 bits per heavy atom. The zero-order chi connectivity index (χ0) is 25.2. The maximum Gasteiger partial charge on any atom is 0.259 e. The lowest BCUT2D eigenvalue weighted by atomic mass is 10.1. The number of hydrogen-bond acceptors (Lipinski definition) is 5. The summed E-state index contributed by atoms with van der Waals surface area (Å²) < 4.78 is 0. The number of thioether (sulfide) groups is 1. The Bertz CT molecular complexity index is 1380. The van der Waals surface area contributed by atoms with Crippen LogP contribution in [0.1, 0.15) is 35.6 Å². The third-order valence-electron chi connectivity index (χ3n) is 6.38. The molecule has 3 aromatic carbocycles. The first-order chi connectivity index (χ1) is 17.4.